The number of hydrogen-bond acceptors (Lipinski definition) is 9. The van der Waals surface area contributed by atoms with Crippen LogP contribution in [0.2, 0.25) is 0 Å². The van der Waals surface area contributed by atoms with Crippen LogP contribution in [0, 0.1) is 0 Å². The first-order chi connectivity index (χ1) is 16.5. The summed E-state index contributed by atoms with van der Waals surface area (Å²) in [5, 5.41) is 22.1. The highest BCUT2D eigenvalue weighted by Crippen LogP contribution is 2.39. The molecule has 2 aliphatic rings. The molecule has 0 amide bonds. The van der Waals surface area contributed by atoms with E-state index in [1.54, 1.807) is 18.5 Å². The van der Waals surface area contributed by atoms with Crippen molar-refractivity contribution in [2.45, 2.75) is 44.2 Å². The second-order valence-electron chi connectivity index (χ2n) is 9.53. The van der Waals surface area contributed by atoms with E-state index >= 15 is 0 Å². The summed E-state index contributed by atoms with van der Waals surface area (Å²) in [6.45, 7) is 4.26. The third-order valence-corrected chi connectivity index (χ3v) is 6.74. The first-order valence-corrected chi connectivity index (χ1v) is 11.5. The standard InChI is InChI=1S/C22H27N11O/c1-22(6-7-22)28-19-18-16(5-10-32(20(18)34)17-12-23-30-29-17)26-21(27-19)25-14-11-24-33(13-14)15-3-8-31(2)9-4-15/h5,10-13,15H,3-4,6-9H2,1-2H3,(H,23,29,30)(H2,25,26,27,28). The van der Waals surface area contributed by atoms with Crippen molar-refractivity contribution in [3.8, 4) is 5.82 Å². The van der Waals surface area contributed by atoms with Crippen molar-refractivity contribution in [2.24, 2.45) is 0 Å². The summed E-state index contributed by atoms with van der Waals surface area (Å²) in [5.41, 5.74) is 1.05. The lowest BCUT2D eigenvalue weighted by molar-refractivity contribution is 0.212. The Balaban J connectivity index is 1.35. The largest absolute Gasteiger partial charge is 0.364 e. The molecule has 1 aliphatic carbocycles. The van der Waals surface area contributed by atoms with Gasteiger partial charge in [0.15, 0.2) is 5.82 Å². The van der Waals surface area contributed by atoms with E-state index in [1.807, 2.05) is 10.9 Å². The average molecular weight is 462 g/mol. The molecule has 12 nitrogen and oxygen atoms in total. The van der Waals surface area contributed by atoms with Crippen LogP contribution < -0.4 is 16.2 Å². The molecule has 4 aromatic rings. The molecular weight excluding hydrogens is 434 g/mol. The van der Waals surface area contributed by atoms with E-state index in [4.69, 9.17) is 4.98 Å². The number of likely N-dealkylation sites (tertiary alicyclic amines) is 1. The van der Waals surface area contributed by atoms with Crippen molar-refractivity contribution >= 4 is 28.4 Å². The van der Waals surface area contributed by atoms with Gasteiger partial charge in [-0.1, -0.05) is 0 Å². The van der Waals surface area contributed by atoms with Gasteiger partial charge in [0.05, 0.1) is 29.6 Å². The highest BCUT2D eigenvalue weighted by atomic mass is 16.1. The number of aromatic amines is 1. The van der Waals surface area contributed by atoms with Crippen molar-refractivity contribution in [3.05, 3.63) is 41.2 Å². The van der Waals surface area contributed by atoms with E-state index in [0.717, 1.165) is 44.5 Å². The molecule has 0 atom stereocenters. The predicted octanol–water partition coefficient (Wildman–Crippen LogP) is 2.07. The number of H-pyrrole nitrogens is 1. The lowest BCUT2D eigenvalue weighted by Gasteiger charge is -2.28. The number of anilines is 3. The molecule has 2 fully saturated rings. The minimum absolute atomic E-state index is 0.0709. The molecule has 0 spiro atoms. The number of rotatable bonds is 6. The van der Waals surface area contributed by atoms with Crippen LogP contribution in [0.4, 0.5) is 17.5 Å². The lowest BCUT2D eigenvalue weighted by atomic mass is 10.1. The fourth-order valence-electron chi connectivity index (χ4n) is 4.37. The van der Waals surface area contributed by atoms with E-state index in [1.165, 1.54) is 10.8 Å². The number of pyridine rings is 1. The summed E-state index contributed by atoms with van der Waals surface area (Å²) in [6.07, 6.45) is 11.2. The van der Waals surface area contributed by atoms with Gasteiger partial charge in [-0.05, 0) is 58.8 Å². The number of fused-ring (bicyclic) bond motifs is 1. The Labute approximate surface area is 195 Å². The number of hydrogen-bond donors (Lipinski definition) is 3. The maximum absolute atomic E-state index is 13.3. The Bertz CT molecular complexity index is 1380. The number of nitrogens with zero attached hydrogens (tertiary/aromatic N) is 8. The van der Waals surface area contributed by atoms with Gasteiger partial charge in [0.2, 0.25) is 5.95 Å². The molecule has 1 aliphatic heterocycles. The van der Waals surface area contributed by atoms with Gasteiger partial charge in [0.1, 0.15) is 11.2 Å². The smallest absolute Gasteiger partial charge is 0.269 e. The molecule has 0 unspecified atom stereocenters. The molecule has 0 aromatic carbocycles. The Hall–Kier alpha value is -3.80. The Morgan fingerprint density at radius 2 is 2.00 bits per heavy atom. The van der Waals surface area contributed by atoms with Crippen LogP contribution in [0.25, 0.3) is 16.7 Å². The van der Waals surface area contributed by atoms with Crippen LogP contribution in [0.15, 0.2) is 35.6 Å². The molecule has 0 radical (unpaired) electrons. The van der Waals surface area contributed by atoms with Gasteiger partial charge < -0.3 is 15.5 Å². The Kier molecular flexibility index (Phi) is 4.83. The number of aromatic nitrogens is 8. The fourth-order valence-corrected chi connectivity index (χ4v) is 4.37. The van der Waals surface area contributed by atoms with Crippen molar-refractivity contribution in [1.82, 2.24) is 44.6 Å². The maximum Gasteiger partial charge on any atom is 0.269 e. The molecule has 1 saturated carbocycles. The quantitative estimate of drug-likeness (QED) is 0.394. The van der Waals surface area contributed by atoms with Gasteiger partial charge >= 0.3 is 0 Å². The zero-order chi connectivity index (χ0) is 23.3. The van der Waals surface area contributed by atoms with Gasteiger partial charge in [-0.3, -0.25) is 14.0 Å². The summed E-state index contributed by atoms with van der Waals surface area (Å²) in [4.78, 5) is 25.0. The van der Waals surface area contributed by atoms with Crippen molar-refractivity contribution < 1.29 is 0 Å². The zero-order valence-corrected chi connectivity index (χ0v) is 19.2. The first-order valence-electron chi connectivity index (χ1n) is 11.5. The second-order valence-corrected chi connectivity index (χ2v) is 9.53. The summed E-state index contributed by atoms with van der Waals surface area (Å²) in [7, 11) is 2.15. The van der Waals surface area contributed by atoms with Crippen molar-refractivity contribution in [3.63, 3.8) is 0 Å². The van der Waals surface area contributed by atoms with Crippen LogP contribution in [-0.2, 0) is 0 Å². The molecule has 12 heteroatoms. The van der Waals surface area contributed by atoms with E-state index in [-0.39, 0.29) is 11.1 Å². The van der Waals surface area contributed by atoms with Crippen LogP contribution in [0.3, 0.4) is 0 Å². The van der Waals surface area contributed by atoms with E-state index < -0.39 is 0 Å². The Morgan fingerprint density at radius 3 is 2.74 bits per heavy atom. The second kappa shape index (κ2) is 7.90. The third kappa shape index (κ3) is 3.89. The molecule has 6 rings (SSSR count). The predicted molar refractivity (Wildman–Crippen MR) is 128 cm³/mol. The summed E-state index contributed by atoms with van der Waals surface area (Å²) >= 11 is 0. The summed E-state index contributed by atoms with van der Waals surface area (Å²) in [6, 6.07) is 2.19. The summed E-state index contributed by atoms with van der Waals surface area (Å²) in [5.74, 6) is 1.35. The molecule has 1 saturated heterocycles. The van der Waals surface area contributed by atoms with Gasteiger partial charge in [-0.2, -0.15) is 20.4 Å². The van der Waals surface area contributed by atoms with Crippen LogP contribution >= 0.6 is 0 Å². The molecule has 0 bridgehead atoms. The van der Waals surface area contributed by atoms with Gasteiger partial charge in [-0.15, -0.1) is 5.10 Å². The first kappa shape index (κ1) is 20.8. The highest BCUT2D eigenvalue weighted by Gasteiger charge is 2.38. The maximum atomic E-state index is 13.3. The normalized spacial score (nSPS) is 18.3. The van der Waals surface area contributed by atoms with E-state index in [9.17, 15) is 4.79 Å². The van der Waals surface area contributed by atoms with E-state index in [0.29, 0.717) is 34.5 Å². The van der Waals surface area contributed by atoms with Crippen molar-refractivity contribution in [1.29, 1.82) is 0 Å². The highest BCUT2D eigenvalue weighted by molar-refractivity contribution is 5.90. The molecule has 4 aromatic heterocycles. The lowest BCUT2D eigenvalue weighted by Crippen LogP contribution is -2.31. The van der Waals surface area contributed by atoms with E-state index in [2.05, 4.69) is 55.0 Å². The SMILES string of the molecule is CN1CCC(n2cc(Nc3nc(NC4(C)CC4)c4c(=O)n(-c5cn[nH]n5)ccc4n3)cn2)CC1. The number of piperidine rings is 1. The van der Waals surface area contributed by atoms with Gasteiger partial charge in [-0.25, -0.2) is 4.98 Å². The third-order valence-electron chi connectivity index (χ3n) is 6.74. The van der Waals surface area contributed by atoms with Crippen LogP contribution in [0.5, 0.6) is 0 Å². The topological polar surface area (TPSA) is 134 Å². The monoisotopic (exact) mass is 461 g/mol. The molecule has 34 heavy (non-hydrogen) atoms. The van der Waals surface area contributed by atoms with Crippen molar-refractivity contribution in [2.75, 3.05) is 30.8 Å². The summed E-state index contributed by atoms with van der Waals surface area (Å²) < 4.78 is 3.46. The van der Waals surface area contributed by atoms with Crippen LogP contribution in [-0.4, -0.2) is 70.3 Å². The number of nitrogens with one attached hydrogen (secondary N) is 3. The Morgan fingerprint density at radius 1 is 1.18 bits per heavy atom. The zero-order valence-electron chi connectivity index (χ0n) is 19.2. The molecule has 3 N–H and O–H groups in total. The molecular formula is C22H27N11O. The minimum atomic E-state index is -0.250. The van der Waals surface area contributed by atoms with Gasteiger partial charge in [0, 0.05) is 17.9 Å². The molecule has 5 heterocycles. The molecule has 176 valence electrons. The van der Waals surface area contributed by atoms with Gasteiger partial charge in [0.25, 0.3) is 5.56 Å². The fraction of sp³-hybridized carbons (Fsp3) is 0.455. The van der Waals surface area contributed by atoms with Crippen LogP contribution in [0.1, 0.15) is 38.6 Å². The minimum Gasteiger partial charge on any atom is -0.364 e. The average Bonchev–Trinajstić information content (AvgIpc) is 3.21.